The van der Waals surface area contributed by atoms with E-state index in [2.05, 4.69) is 24.7 Å². The molecule has 644 valence electrons. The number of carbonyl (C=O) groups is 5. The smallest absolute Gasteiger partial charge is 0.419 e. The fraction of sp³-hybridized carbons (Fsp3) is 0.720. The number of nitrogens with zero attached hydrogens (tertiary/aromatic N) is 2. The van der Waals surface area contributed by atoms with Crippen molar-refractivity contribution in [2.75, 3.05) is 0 Å². The molecule has 6 aliphatic heterocycles. The Morgan fingerprint density at radius 1 is 0.475 bits per heavy atom. The van der Waals surface area contributed by atoms with Crippen LogP contribution in [0.15, 0.2) is 126 Å². The molecule has 9 saturated carbocycles. The quantitative estimate of drug-likeness (QED) is 0.0854. The molecule has 1 aromatic heterocycles. The van der Waals surface area contributed by atoms with E-state index in [0.29, 0.717) is 101 Å². The first-order chi connectivity index (χ1) is 54.7. The molecule has 19 rings (SSSR count). The summed E-state index contributed by atoms with van der Waals surface area (Å²) in [5.74, 6) is -0.981. The van der Waals surface area contributed by atoms with Crippen molar-refractivity contribution in [2.45, 2.75) is 349 Å². The molecule has 12 fully saturated rings. The van der Waals surface area contributed by atoms with E-state index in [0.717, 1.165) is 33.4 Å². The molecular formula is C93H124N2O23. The molecule has 25 nitrogen and oxygen atoms in total. The number of aromatic nitrogens is 2. The number of fused-ring (bicyclic) bond motifs is 12. The molecular weight excluding hydrogens is 1510 g/mol. The van der Waals surface area contributed by atoms with Crippen molar-refractivity contribution < 1.29 is 113 Å². The number of rotatable bonds is 8. The average Bonchev–Trinajstić information content (AvgIpc) is 1.48. The third kappa shape index (κ3) is 9.80. The van der Waals surface area contributed by atoms with Crippen molar-refractivity contribution in [3.8, 4) is 0 Å². The van der Waals surface area contributed by atoms with E-state index < -0.39 is 154 Å². The summed E-state index contributed by atoms with van der Waals surface area (Å²) < 4.78 is 49.9. The van der Waals surface area contributed by atoms with Gasteiger partial charge in [-0.25, -0.2) is 14.3 Å². The number of allylic oxidation sites excluding steroid dienone is 6. The summed E-state index contributed by atoms with van der Waals surface area (Å²) in [5.41, 5.74) is -17.1. The molecule has 9 unspecified atom stereocenters. The third-order valence-corrected chi connectivity index (χ3v) is 37.9. The zero-order valence-electron chi connectivity index (χ0n) is 71.4. The molecule has 1 aromatic rings. The lowest BCUT2D eigenvalue weighted by Crippen LogP contribution is -2.73. The molecule has 0 bridgehead atoms. The maximum Gasteiger partial charge on any atom is 0.419 e. The van der Waals surface area contributed by atoms with Crippen LogP contribution in [-0.4, -0.2) is 212 Å². The van der Waals surface area contributed by atoms with E-state index in [1.54, 1.807) is 32.9 Å². The Bertz CT molecular complexity index is 4760. The summed E-state index contributed by atoms with van der Waals surface area (Å²) in [7, 11) is 0. The molecule has 33 atom stereocenters. The topological polar surface area (TPSA) is 389 Å². The summed E-state index contributed by atoms with van der Waals surface area (Å²) in [5, 5.41) is 123. The van der Waals surface area contributed by atoms with Crippen LogP contribution in [-0.2, 0) is 57.1 Å². The summed E-state index contributed by atoms with van der Waals surface area (Å²) >= 11 is 0. The Labute approximate surface area is 690 Å². The number of imidazole rings is 1. The van der Waals surface area contributed by atoms with Crippen LogP contribution in [0, 0.1) is 68.0 Å². The van der Waals surface area contributed by atoms with Gasteiger partial charge in [0, 0.05) is 54.8 Å². The van der Waals surface area contributed by atoms with Crippen molar-refractivity contribution >= 4 is 29.4 Å². The fourth-order valence-corrected chi connectivity index (χ4v) is 29.5. The normalized spacial score (nSPS) is 51.4. The van der Waals surface area contributed by atoms with Crippen LogP contribution in [0.2, 0.25) is 0 Å². The van der Waals surface area contributed by atoms with Crippen LogP contribution in [0.4, 0.5) is 4.79 Å². The molecule has 25 heteroatoms. The minimum absolute atomic E-state index is 0.0655. The highest BCUT2D eigenvalue weighted by atomic mass is 16.7. The van der Waals surface area contributed by atoms with E-state index in [4.69, 9.17) is 37.9 Å². The van der Waals surface area contributed by atoms with Crippen LogP contribution in [0.3, 0.4) is 0 Å². The van der Waals surface area contributed by atoms with Crippen molar-refractivity contribution in [1.82, 2.24) is 9.55 Å². The molecule has 3 saturated heterocycles. The lowest BCUT2D eigenvalue weighted by atomic mass is 9.42. The second-order valence-corrected chi connectivity index (χ2v) is 41.4. The van der Waals surface area contributed by atoms with Crippen LogP contribution >= 0.6 is 0 Å². The van der Waals surface area contributed by atoms with Gasteiger partial charge in [-0.2, -0.15) is 0 Å². The van der Waals surface area contributed by atoms with Gasteiger partial charge in [-0.3, -0.25) is 19.2 Å². The van der Waals surface area contributed by atoms with Crippen LogP contribution < -0.4 is 0 Å². The zero-order chi connectivity index (χ0) is 85.8. The first-order valence-corrected chi connectivity index (χ1v) is 43.0. The molecule has 0 radical (unpaired) electrons. The number of epoxide rings is 3. The first kappa shape index (κ1) is 83.9. The Morgan fingerprint density at radius 3 is 1.11 bits per heavy atom. The highest BCUT2D eigenvalue weighted by molar-refractivity contribution is 6.00. The second-order valence-electron chi connectivity index (χ2n) is 41.4. The summed E-state index contributed by atoms with van der Waals surface area (Å²) in [4.78, 5) is 69.5. The van der Waals surface area contributed by atoms with Gasteiger partial charge in [0.05, 0.1) is 51.4 Å². The predicted octanol–water partition coefficient (Wildman–Crippen LogP) is 9.60. The Hall–Kier alpha value is -6.30. The predicted molar refractivity (Wildman–Crippen MR) is 426 cm³/mol. The molecule has 12 aliphatic carbocycles. The van der Waals surface area contributed by atoms with Gasteiger partial charge in [0.15, 0.2) is 29.6 Å². The molecule has 10 N–H and O–H groups in total. The Kier molecular flexibility index (Phi) is 18.3. The number of ketones is 3. The van der Waals surface area contributed by atoms with Gasteiger partial charge in [-0.15, -0.1) is 0 Å². The number of carbonyl (C=O) groups excluding carboxylic acids is 5. The number of hydrogen-bond donors (Lipinski definition) is 10. The molecule has 18 aliphatic rings. The van der Waals surface area contributed by atoms with Gasteiger partial charge in [0.25, 0.3) is 0 Å². The summed E-state index contributed by atoms with van der Waals surface area (Å²) in [6.45, 7) is 41.4. The summed E-state index contributed by atoms with van der Waals surface area (Å²) in [6.07, 6.45) is 14.6. The van der Waals surface area contributed by atoms with Gasteiger partial charge < -0.3 is 89.0 Å². The van der Waals surface area contributed by atoms with E-state index in [1.165, 1.54) is 54.5 Å². The lowest BCUT2D eigenvalue weighted by Gasteiger charge is -2.63. The average molecular weight is 1640 g/mol. The van der Waals surface area contributed by atoms with Crippen molar-refractivity contribution in [3.05, 3.63) is 126 Å². The van der Waals surface area contributed by atoms with Crippen molar-refractivity contribution in [3.63, 3.8) is 0 Å². The fourth-order valence-electron chi connectivity index (χ4n) is 29.5. The Morgan fingerprint density at radius 2 is 0.788 bits per heavy atom. The third-order valence-electron chi connectivity index (χ3n) is 37.9. The van der Waals surface area contributed by atoms with E-state index in [1.807, 2.05) is 83.1 Å². The van der Waals surface area contributed by atoms with Gasteiger partial charge >= 0.3 is 12.1 Å². The van der Waals surface area contributed by atoms with Crippen molar-refractivity contribution in [2.24, 2.45) is 68.0 Å². The van der Waals surface area contributed by atoms with Gasteiger partial charge in [0.1, 0.15) is 98.4 Å². The van der Waals surface area contributed by atoms with Gasteiger partial charge in [-0.05, 0) is 268 Å². The van der Waals surface area contributed by atoms with Gasteiger partial charge in [0.2, 0.25) is 0 Å². The number of aliphatic hydroxyl groups excluding tert-OH is 1. The molecule has 7 heterocycles. The standard InChI is InChI=1S/C33H42N2O8.C31H42O8.C29H40O7/c1-18-15-25(41-20(3)19(18)2)30(6,38)32(40)12-11-31(39)22-16-26-33(43-26)24(42-27(37)35-14-13-34-17-35)8-7-23(36)29(33,5)21(22)9-10-28(31,32)4;1-16-14-24(37-18(3)17(16)2)28(7,34)30(36)13-12-29(35)21-15-25-31(39-25)23(38-19(4)32)9-8-22(33)27(31,6)20(21)10-11-26(29,30)5;1-15-13-22(35-17(3)16(15)2)26(6,32)28(34)12-11-27(33)19-14-23-29(36-23)21(31)8-7-20(30)25(29,5)18(19)9-10-24(27,28)4/h7-8,13-14,17,21-22,24-26,38-40H,3,9-12,15-16H2,1-2,4-6H3;8-9,20-21,23-25,34-36H,3,10-15H2,1-2,4-7H3;7-8,18-19,21-23,31-34H,3,9-14H2,1-2,4-6H3/t21?,22?,24-,25?,26+,28-,29-,30-,31+,32-,33+;20?,21?,23-,24?,25-,26+,27+,28+,29-,30+,31-;18?,19?,21-,22?,23-,24+,25+,26+,27-,28+,29-/m011/s1. The number of hydrogen-bond acceptors (Lipinski definition) is 24. The number of aliphatic hydroxyl groups is 10. The van der Waals surface area contributed by atoms with E-state index in [-0.39, 0.29) is 97.2 Å². The first-order valence-electron chi connectivity index (χ1n) is 43.0. The Balaban J connectivity index is 0.000000127. The maximum atomic E-state index is 13.8. The van der Waals surface area contributed by atoms with Crippen molar-refractivity contribution in [1.29, 1.82) is 0 Å². The lowest BCUT2D eigenvalue weighted by molar-refractivity contribution is -0.282. The van der Waals surface area contributed by atoms with Crippen LogP contribution in [0.5, 0.6) is 0 Å². The molecule has 0 amide bonds. The highest BCUT2D eigenvalue weighted by Crippen LogP contribution is 2.80. The van der Waals surface area contributed by atoms with Crippen LogP contribution in [0.1, 0.15) is 226 Å². The summed E-state index contributed by atoms with van der Waals surface area (Å²) in [6, 6.07) is 0. The van der Waals surface area contributed by atoms with E-state index >= 15 is 0 Å². The highest BCUT2D eigenvalue weighted by Gasteiger charge is 2.89. The molecule has 118 heavy (non-hydrogen) atoms. The minimum atomic E-state index is -1.70. The monoisotopic (exact) mass is 1640 g/mol. The number of esters is 1. The number of ether oxygens (including phenoxy) is 8. The molecule has 0 aromatic carbocycles. The maximum absolute atomic E-state index is 13.8. The SMILES string of the molecule is C=C1OC([C@](C)(O)[C@]2(O)CC[C@@]3(O)C4C[C@H]5O[C@]56[C@@H](OC(=O)n5ccnc5)C=CC(=O)[C@]6(C)C4CC[C@]23C)CC(C)=C1C.C=C1OC([C@](C)(O)[C@]2(O)CC[C@@]3(O)C4C[C@H]5O[C@]56[C@H](O)C=CC(=O)[C@]6(C)C4CC[C@]23C)CC(C)=C1C.C=C1OC([C@](C)(O)[C@]2(O)CC[C@@]3(O)C4C[C@H]5O[C@]56[C@H](OC(C)=O)C=CC(=O)[C@]6(C)C4CC[C@]23C)CC(C)=C1C. The van der Waals surface area contributed by atoms with E-state index in [9.17, 15) is 75.0 Å². The second kappa shape index (κ2) is 25.7. The minimum Gasteiger partial charge on any atom is -0.487 e. The largest absolute Gasteiger partial charge is 0.487 e. The van der Waals surface area contributed by atoms with Crippen LogP contribution in [0.25, 0.3) is 0 Å². The van der Waals surface area contributed by atoms with Gasteiger partial charge in [-0.1, -0.05) is 57.2 Å². The zero-order valence-corrected chi connectivity index (χ0v) is 71.4. The molecule has 3 spiro atoms.